The third-order valence-electron chi connectivity index (χ3n) is 5.26. The van der Waals surface area contributed by atoms with Crippen LogP contribution in [0.2, 0.25) is 0 Å². The number of carbonyl (C=O) groups is 1. The second kappa shape index (κ2) is 10.6. The highest BCUT2D eigenvalue weighted by Crippen LogP contribution is 2.31. The van der Waals surface area contributed by atoms with E-state index in [1.807, 2.05) is 0 Å². The highest BCUT2D eigenvalue weighted by atomic mass is 32.1. The predicted octanol–water partition coefficient (Wildman–Crippen LogP) is -1.88. The molecule has 1 aliphatic rings. The zero-order chi connectivity index (χ0) is 23.4. The Labute approximate surface area is 188 Å². The van der Waals surface area contributed by atoms with E-state index in [2.05, 4.69) is 25.6 Å². The van der Waals surface area contributed by atoms with Gasteiger partial charge in [0, 0.05) is 13.1 Å². The van der Waals surface area contributed by atoms with Crippen LogP contribution < -0.4 is 16.4 Å². The molecule has 178 valence electrons. The monoisotopic (exact) mass is 471 g/mol. The highest BCUT2D eigenvalue weighted by Gasteiger charge is 2.43. The molecule has 6 atom stereocenters. The maximum atomic E-state index is 11.7. The molecule has 3 unspecified atom stereocenters. The summed E-state index contributed by atoms with van der Waals surface area (Å²) in [5.41, 5.74) is 6.41. The minimum atomic E-state index is -1.26. The first-order valence-corrected chi connectivity index (χ1v) is 10.7. The molecule has 0 radical (unpaired) electrons. The first kappa shape index (κ1) is 24.4. The summed E-state index contributed by atoms with van der Waals surface area (Å²) in [7, 11) is 0. The Morgan fingerprint density at radius 3 is 2.75 bits per heavy atom. The lowest BCUT2D eigenvalue weighted by molar-refractivity contribution is -0.124. The van der Waals surface area contributed by atoms with Gasteiger partial charge in [0.15, 0.2) is 10.9 Å². The van der Waals surface area contributed by atoms with E-state index in [0.717, 1.165) is 0 Å². The van der Waals surface area contributed by atoms with Gasteiger partial charge in [0.2, 0.25) is 11.9 Å². The van der Waals surface area contributed by atoms with Gasteiger partial charge in [-0.25, -0.2) is 9.97 Å². The number of ether oxygens (including phenoxy) is 1. The fourth-order valence-electron chi connectivity index (χ4n) is 3.33. The molecule has 1 aliphatic heterocycles. The number of anilines is 1. The van der Waals surface area contributed by atoms with Crippen LogP contribution in [0.3, 0.4) is 0 Å². The number of nitrogens with one attached hydrogen (secondary N) is 3. The van der Waals surface area contributed by atoms with Crippen molar-refractivity contribution in [3.63, 3.8) is 0 Å². The number of nitrogens with two attached hydrogens (primary N) is 1. The summed E-state index contributed by atoms with van der Waals surface area (Å²) in [5.74, 6) is -0.0153. The van der Waals surface area contributed by atoms with Crippen LogP contribution in [0, 0.1) is 4.64 Å². The number of rotatable bonds is 10. The Morgan fingerprint density at radius 1 is 1.38 bits per heavy atom. The SMILES string of the molecule is CC(O)C(N)C(=O)NCCCCNc1nc(=S)c2ncn([C@@H]3O[C@H](CO)[C@H](O)C3O)c2[nH]1. The van der Waals surface area contributed by atoms with Crippen LogP contribution in [0.15, 0.2) is 6.33 Å². The minimum absolute atomic E-state index is 0.242. The van der Waals surface area contributed by atoms with E-state index in [-0.39, 0.29) is 4.64 Å². The molecule has 13 nitrogen and oxygen atoms in total. The van der Waals surface area contributed by atoms with Crippen molar-refractivity contribution in [2.45, 2.75) is 56.5 Å². The molecule has 2 aromatic heterocycles. The number of hydrogen-bond acceptors (Lipinski definition) is 11. The van der Waals surface area contributed by atoms with Crippen molar-refractivity contribution in [2.24, 2.45) is 5.73 Å². The molecule has 0 aliphatic carbocycles. The lowest BCUT2D eigenvalue weighted by Gasteiger charge is -2.17. The Kier molecular flexibility index (Phi) is 8.10. The minimum Gasteiger partial charge on any atom is -0.394 e. The lowest BCUT2D eigenvalue weighted by atomic mass is 10.1. The van der Waals surface area contributed by atoms with Gasteiger partial charge in [0.05, 0.1) is 19.0 Å². The van der Waals surface area contributed by atoms with Crippen molar-refractivity contribution in [3.05, 3.63) is 11.0 Å². The zero-order valence-corrected chi connectivity index (χ0v) is 18.3. The Hall–Kier alpha value is -2.20. The number of amides is 1. The van der Waals surface area contributed by atoms with Gasteiger partial charge in [-0.1, -0.05) is 12.2 Å². The van der Waals surface area contributed by atoms with Gasteiger partial charge >= 0.3 is 0 Å². The molecule has 2 aromatic rings. The molecule has 3 heterocycles. The topological polar surface area (TPSA) is 204 Å². The summed E-state index contributed by atoms with van der Waals surface area (Å²) < 4.78 is 7.31. The number of aliphatic hydroxyl groups is 4. The maximum absolute atomic E-state index is 11.7. The van der Waals surface area contributed by atoms with Crippen LogP contribution in [0.5, 0.6) is 0 Å². The molecule has 0 aromatic carbocycles. The number of aromatic amines is 1. The maximum Gasteiger partial charge on any atom is 0.239 e. The molecule has 0 spiro atoms. The smallest absolute Gasteiger partial charge is 0.239 e. The summed E-state index contributed by atoms with van der Waals surface area (Å²) >= 11 is 5.30. The summed E-state index contributed by atoms with van der Waals surface area (Å²) in [6, 6.07) is -0.954. The van der Waals surface area contributed by atoms with E-state index in [0.29, 0.717) is 43.0 Å². The normalized spacial score (nSPS) is 25.1. The van der Waals surface area contributed by atoms with Crippen LogP contribution in [0.25, 0.3) is 11.2 Å². The summed E-state index contributed by atoms with van der Waals surface area (Å²) in [6.45, 7) is 1.98. The average molecular weight is 472 g/mol. The van der Waals surface area contributed by atoms with Gasteiger partial charge in [-0.05, 0) is 19.8 Å². The number of nitrogens with zero attached hydrogens (tertiary/aromatic N) is 3. The van der Waals surface area contributed by atoms with E-state index in [1.165, 1.54) is 17.8 Å². The number of imidazole rings is 1. The molecule has 3 rings (SSSR count). The molecule has 0 bridgehead atoms. The molecule has 32 heavy (non-hydrogen) atoms. The molecular weight excluding hydrogens is 442 g/mol. The first-order chi connectivity index (χ1) is 15.2. The second-order valence-corrected chi connectivity index (χ2v) is 8.05. The zero-order valence-electron chi connectivity index (χ0n) is 17.5. The van der Waals surface area contributed by atoms with Crippen LogP contribution in [-0.2, 0) is 9.53 Å². The largest absolute Gasteiger partial charge is 0.394 e. The standard InChI is InChI=1S/C18H29N7O6S/c1-8(27)10(19)15(30)20-4-2-3-5-21-18-23-14-11(16(32)24-18)22-7-25(14)17-13(29)12(28)9(6-26)31-17/h7-10,12-13,17,26-29H,2-6,19H2,1H3,(H,20,30)(H2,21,23,24,32)/t8?,9-,10?,12+,13?,17-/m1/s1. The lowest BCUT2D eigenvalue weighted by Crippen LogP contribution is -2.47. The number of unbranched alkanes of at least 4 members (excludes halogenated alkanes) is 1. The predicted molar refractivity (Wildman–Crippen MR) is 116 cm³/mol. The Balaban J connectivity index is 1.59. The van der Waals surface area contributed by atoms with Crippen LogP contribution in [-0.4, -0.2) is 96.0 Å². The van der Waals surface area contributed by atoms with Crippen molar-refractivity contribution in [1.29, 1.82) is 0 Å². The summed E-state index contributed by atoms with van der Waals surface area (Å²) in [6.07, 6.45) is -2.47. The van der Waals surface area contributed by atoms with Crippen LogP contribution in [0.4, 0.5) is 5.95 Å². The van der Waals surface area contributed by atoms with Crippen molar-refractivity contribution in [1.82, 2.24) is 24.8 Å². The fourth-order valence-corrected chi connectivity index (χ4v) is 3.57. The number of aromatic nitrogens is 4. The van der Waals surface area contributed by atoms with Gasteiger partial charge in [-0.3, -0.25) is 9.36 Å². The van der Waals surface area contributed by atoms with Gasteiger partial charge in [0.1, 0.15) is 35.5 Å². The van der Waals surface area contributed by atoms with E-state index >= 15 is 0 Å². The van der Waals surface area contributed by atoms with Gasteiger partial charge in [-0.15, -0.1) is 0 Å². The molecule has 9 N–H and O–H groups in total. The average Bonchev–Trinajstić information content (AvgIpc) is 3.31. The highest BCUT2D eigenvalue weighted by molar-refractivity contribution is 7.71. The first-order valence-electron chi connectivity index (χ1n) is 10.3. The molecule has 1 saturated heterocycles. The second-order valence-electron chi connectivity index (χ2n) is 7.66. The van der Waals surface area contributed by atoms with Crippen LogP contribution >= 0.6 is 12.2 Å². The number of fused-ring (bicyclic) bond motifs is 1. The van der Waals surface area contributed by atoms with Crippen LogP contribution in [0.1, 0.15) is 26.0 Å². The quantitative estimate of drug-likeness (QED) is 0.142. The van der Waals surface area contributed by atoms with E-state index in [4.69, 9.17) is 22.7 Å². The molecular formula is C18H29N7O6S. The molecule has 1 fully saturated rings. The molecule has 0 saturated carbocycles. The van der Waals surface area contributed by atoms with Crippen molar-refractivity contribution in [2.75, 3.05) is 25.0 Å². The van der Waals surface area contributed by atoms with Gasteiger partial charge < -0.3 is 46.5 Å². The van der Waals surface area contributed by atoms with Crippen molar-refractivity contribution >= 4 is 35.2 Å². The van der Waals surface area contributed by atoms with E-state index in [9.17, 15) is 25.2 Å². The third-order valence-corrected chi connectivity index (χ3v) is 5.54. The van der Waals surface area contributed by atoms with E-state index < -0.39 is 49.2 Å². The Bertz CT molecular complexity index is 982. The number of H-pyrrole nitrogens is 1. The van der Waals surface area contributed by atoms with Crippen molar-refractivity contribution in [3.8, 4) is 0 Å². The fraction of sp³-hybridized carbons (Fsp3) is 0.667. The van der Waals surface area contributed by atoms with Gasteiger partial charge in [0.25, 0.3) is 0 Å². The molecule has 14 heteroatoms. The number of hydrogen-bond donors (Lipinski definition) is 8. The number of aliphatic hydroxyl groups excluding tert-OH is 4. The summed E-state index contributed by atoms with van der Waals surface area (Å²) in [4.78, 5) is 23.2. The summed E-state index contributed by atoms with van der Waals surface area (Å²) in [5, 5.41) is 44.7. The molecule has 1 amide bonds. The third kappa shape index (κ3) is 5.23. The van der Waals surface area contributed by atoms with Crippen molar-refractivity contribution < 1.29 is 30.0 Å². The number of carbonyl (C=O) groups excluding carboxylic acids is 1. The van der Waals surface area contributed by atoms with E-state index in [1.54, 1.807) is 0 Å². The Morgan fingerprint density at radius 2 is 2.09 bits per heavy atom. The van der Waals surface area contributed by atoms with Gasteiger partial charge in [-0.2, -0.15) is 0 Å².